The quantitative estimate of drug-likeness (QED) is 0.0944. The zero-order valence-corrected chi connectivity index (χ0v) is 24.4. The molecule has 0 aromatic heterocycles. The van der Waals surface area contributed by atoms with Gasteiger partial charge in [-0.25, -0.2) is 0 Å². The molecule has 2 aromatic carbocycles. The highest BCUT2D eigenvalue weighted by Gasteiger charge is 2.06. The molecule has 0 atom stereocenters. The number of Topliss-reactive ketones (excluding diaryl/α,β-unsaturated/α-hetero) is 1. The molecule has 0 aliphatic rings. The molecule has 42 heavy (non-hydrogen) atoms. The first-order valence-corrected chi connectivity index (χ1v) is 13.1. The molecule has 0 fully saturated rings. The van der Waals surface area contributed by atoms with Gasteiger partial charge in [0.25, 0.3) is 11.8 Å². The van der Waals surface area contributed by atoms with E-state index in [1.807, 2.05) is 0 Å². The van der Waals surface area contributed by atoms with Gasteiger partial charge >= 0.3 is 0 Å². The molecule has 0 aliphatic carbocycles. The molecule has 4 N–H and O–H groups in total. The van der Waals surface area contributed by atoms with Crippen LogP contribution in [0.15, 0.2) is 58.8 Å². The van der Waals surface area contributed by atoms with Gasteiger partial charge in [0.15, 0.2) is 0 Å². The van der Waals surface area contributed by atoms with Crippen molar-refractivity contribution in [1.82, 2.24) is 10.6 Å². The van der Waals surface area contributed by atoms with Gasteiger partial charge in [0, 0.05) is 60.1 Å². The highest BCUT2D eigenvalue weighted by Crippen LogP contribution is 2.13. The second kappa shape index (κ2) is 24.3. The Morgan fingerprint density at radius 3 is 1.57 bits per heavy atom. The van der Waals surface area contributed by atoms with E-state index < -0.39 is 0 Å². The van der Waals surface area contributed by atoms with Crippen LogP contribution in [0.25, 0.3) is 20.9 Å². The van der Waals surface area contributed by atoms with Gasteiger partial charge < -0.3 is 30.6 Å². The van der Waals surface area contributed by atoms with Crippen LogP contribution in [0.3, 0.4) is 0 Å². The Kier molecular flexibility index (Phi) is 21.7. The number of rotatable bonds is 18. The van der Waals surface area contributed by atoms with Crippen molar-refractivity contribution < 1.29 is 23.9 Å². The maximum absolute atomic E-state index is 11.8. The predicted molar refractivity (Wildman–Crippen MR) is 162 cm³/mol. The van der Waals surface area contributed by atoms with Crippen LogP contribution in [-0.2, 0) is 4.79 Å². The summed E-state index contributed by atoms with van der Waals surface area (Å²) in [6.45, 7) is 4.61. The number of hydrogen-bond donors (Lipinski definition) is 3. The van der Waals surface area contributed by atoms with Gasteiger partial charge in [-0.15, -0.1) is 12.4 Å². The molecular weight excluding hydrogens is 566 g/mol. The lowest BCUT2D eigenvalue weighted by Gasteiger charge is -2.07. The van der Waals surface area contributed by atoms with Crippen molar-refractivity contribution in [3.8, 4) is 11.5 Å². The SMILES string of the molecule is CC(=O)CCCOc1ccc(C(=O)NCCCN=[N+]=[N-])cc1.Cl.[N-]=[N+]=NCCCNC(=O)c1ccc(OCCN)cc1. The summed E-state index contributed by atoms with van der Waals surface area (Å²) in [5.41, 5.74) is 22.6. The zero-order valence-electron chi connectivity index (χ0n) is 23.6. The molecule has 15 heteroatoms. The monoisotopic (exact) mass is 603 g/mol. The molecule has 0 spiro atoms. The summed E-state index contributed by atoms with van der Waals surface area (Å²) in [6, 6.07) is 13.6. The lowest BCUT2D eigenvalue weighted by Crippen LogP contribution is -2.24. The molecule has 14 nitrogen and oxygen atoms in total. The van der Waals surface area contributed by atoms with Crippen LogP contribution in [0.4, 0.5) is 0 Å². The minimum atomic E-state index is -0.177. The molecule has 0 saturated carbocycles. The fourth-order valence-electron chi connectivity index (χ4n) is 3.09. The Bertz CT molecular complexity index is 1170. The van der Waals surface area contributed by atoms with Gasteiger partial charge in [0.05, 0.1) is 6.61 Å². The molecule has 2 amide bonds. The Hall–Kier alpha value is -4.48. The van der Waals surface area contributed by atoms with E-state index in [0.717, 1.165) is 0 Å². The normalized spacial score (nSPS) is 9.38. The van der Waals surface area contributed by atoms with E-state index >= 15 is 0 Å². The molecule has 0 bridgehead atoms. The molecule has 0 aliphatic heterocycles. The van der Waals surface area contributed by atoms with Crippen LogP contribution in [0.5, 0.6) is 11.5 Å². The lowest BCUT2D eigenvalue weighted by molar-refractivity contribution is -0.117. The van der Waals surface area contributed by atoms with Crippen LogP contribution in [0.2, 0.25) is 0 Å². The molecule has 0 heterocycles. The van der Waals surface area contributed by atoms with E-state index in [1.54, 1.807) is 55.5 Å². The van der Waals surface area contributed by atoms with E-state index in [2.05, 4.69) is 30.7 Å². The number of carbonyl (C=O) groups is 3. The molecule has 0 radical (unpaired) electrons. The van der Waals surface area contributed by atoms with Crippen molar-refractivity contribution in [2.75, 3.05) is 45.9 Å². The summed E-state index contributed by atoms with van der Waals surface area (Å²) in [6.07, 6.45) is 2.42. The number of amides is 2. The molecular formula is C27H38ClN9O5. The number of azide groups is 2. The van der Waals surface area contributed by atoms with Crippen LogP contribution in [0.1, 0.15) is 53.3 Å². The lowest BCUT2D eigenvalue weighted by atomic mass is 10.2. The van der Waals surface area contributed by atoms with Gasteiger partial charge in [0.2, 0.25) is 0 Å². The standard InChI is InChI=1S/C15H20N4O3.C12H17N5O2.ClH/c1-12(20)4-2-11-22-14-7-5-13(6-8-14)15(21)17-9-3-10-18-19-16;13-6-9-19-11-4-2-10(3-5-11)12(18)15-7-1-8-16-17-14;/h5-8H,2-4,9-11H2,1H3,(H,17,21);2-5H,1,6-9,13H2,(H,15,18);1H. The molecule has 228 valence electrons. The number of halogens is 1. The third kappa shape index (κ3) is 18.0. The number of hydrogen-bond acceptors (Lipinski definition) is 8. The summed E-state index contributed by atoms with van der Waals surface area (Å²) in [4.78, 5) is 39.6. The van der Waals surface area contributed by atoms with Gasteiger partial charge in [-0.05, 0) is 85.8 Å². The first-order chi connectivity index (χ1) is 19.9. The third-order valence-corrected chi connectivity index (χ3v) is 5.13. The minimum absolute atomic E-state index is 0. The first-order valence-electron chi connectivity index (χ1n) is 13.1. The Morgan fingerprint density at radius 1 is 0.762 bits per heavy atom. The number of nitrogens with two attached hydrogens (primary N) is 1. The van der Waals surface area contributed by atoms with Crippen molar-refractivity contribution in [3.63, 3.8) is 0 Å². The van der Waals surface area contributed by atoms with E-state index in [1.165, 1.54) is 0 Å². The zero-order chi connectivity index (χ0) is 30.1. The second-order valence-electron chi connectivity index (χ2n) is 8.47. The molecule has 0 saturated heterocycles. The summed E-state index contributed by atoms with van der Waals surface area (Å²) in [5.74, 6) is 1.17. The summed E-state index contributed by atoms with van der Waals surface area (Å²) in [7, 11) is 0. The Labute approximate surface area is 251 Å². The first kappa shape index (κ1) is 37.5. The van der Waals surface area contributed by atoms with Crippen molar-refractivity contribution in [2.24, 2.45) is 16.0 Å². The van der Waals surface area contributed by atoms with Crippen molar-refractivity contribution in [3.05, 3.63) is 80.5 Å². The van der Waals surface area contributed by atoms with Gasteiger partial charge in [-0.3, -0.25) is 9.59 Å². The average molecular weight is 604 g/mol. The fraction of sp³-hybridized carbons (Fsp3) is 0.444. The largest absolute Gasteiger partial charge is 0.494 e. The number of ketones is 1. The maximum Gasteiger partial charge on any atom is 0.251 e. The van der Waals surface area contributed by atoms with E-state index in [0.29, 0.717) is 94.2 Å². The van der Waals surface area contributed by atoms with Crippen LogP contribution in [0, 0.1) is 0 Å². The van der Waals surface area contributed by atoms with Crippen molar-refractivity contribution in [1.29, 1.82) is 0 Å². The van der Waals surface area contributed by atoms with E-state index in [9.17, 15) is 14.4 Å². The number of nitrogens with zero attached hydrogens (tertiary/aromatic N) is 6. The number of ether oxygens (including phenoxy) is 2. The molecule has 2 aromatic rings. The van der Waals surface area contributed by atoms with Crippen LogP contribution >= 0.6 is 12.4 Å². The van der Waals surface area contributed by atoms with Gasteiger partial charge in [0.1, 0.15) is 23.9 Å². The topological polar surface area (TPSA) is 217 Å². The van der Waals surface area contributed by atoms with Gasteiger partial charge in [-0.2, -0.15) is 0 Å². The Balaban J connectivity index is 0.000000790. The third-order valence-electron chi connectivity index (χ3n) is 5.13. The number of carbonyl (C=O) groups excluding carboxylic acids is 3. The van der Waals surface area contributed by atoms with Crippen LogP contribution < -0.4 is 25.8 Å². The van der Waals surface area contributed by atoms with E-state index in [-0.39, 0.29) is 30.0 Å². The summed E-state index contributed by atoms with van der Waals surface area (Å²) in [5, 5.41) is 12.3. The van der Waals surface area contributed by atoms with Gasteiger partial charge in [-0.1, -0.05) is 10.2 Å². The highest BCUT2D eigenvalue weighted by atomic mass is 35.5. The average Bonchev–Trinajstić information content (AvgIpc) is 2.98. The van der Waals surface area contributed by atoms with Crippen molar-refractivity contribution >= 4 is 30.0 Å². The number of benzene rings is 2. The summed E-state index contributed by atoms with van der Waals surface area (Å²) >= 11 is 0. The smallest absolute Gasteiger partial charge is 0.251 e. The van der Waals surface area contributed by atoms with Crippen molar-refractivity contribution in [2.45, 2.75) is 32.6 Å². The predicted octanol–water partition coefficient (Wildman–Crippen LogP) is 4.74. The Morgan fingerprint density at radius 2 is 1.19 bits per heavy atom. The van der Waals surface area contributed by atoms with Crippen LogP contribution in [-0.4, -0.2) is 63.5 Å². The fourth-order valence-corrected chi connectivity index (χ4v) is 3.09. The summed E-state index contributed by atoms with van der Waals surface area (Å²) < 4.78 is 10.8. The second-order valence-corrected chi connectivity index (χ2v) is 8.47. The van der Waals surface area contributed by atoms with E-state index in [4.69, 9.17) is 26.3 Å². The molecule has 2 rings (SSSR count). The molecule has 0 unspecified atom stereocenters. The number of nitrogens with one attached hydrogen (secondary N) is 2. The minimum Gasteiger partial charge on any atom is -0.494 e. The highest BCUT2D eigenvalue weighted by molar-refractivity contribution is 5.94. The maximum atomic E-state index is 11.8.